The normalized spacial score (nSPS) is 6.83. The predicted octanol–water partition coefficient (Wildman–Crippen LogP) is 4.16. The summed E-state index contributed by atoms with van der Waals surface area (Å²) in [5.41, 5.74) is 0. The Labute approximate surface area is 184 Å². The van der Waals surface area contributed by atoms with E-state index in [0.717, 1.165) is 0 Å². The predicted molar refractivity (Wildman–Crippen MR) is 110 cm³/mol. The maximum absolute atomic E-state index is 6.25. The third-order valence-electron chi connectivity index (χ3n) is 1.41. The van der Waals surface area contributed by atoms with Crippen LogP contribution in [0.3, 0.4) is 0 Å². The zero-order valence-electron chi connectivity index (χ0n) is 15.8. The van der Waals surface area contributed by atoms with Crippen molar-refractivity contribution in [3.05, 3.63) is 26.3 Å². The second-order valence-electron chi connectivity index (χ2n) is 5.18. The van der Waals surface area contributed by atoms with Crippen LogP contribution in [0, 0.1) is 47.3 Å². The Morgan fingerprint density at radius 1 is 0.458 bits per heavy atom. The first kappa shape index (κ1) is 49.8. The fourth-order valence-corrected chi connectivity index (χ4v) is 12.7. The van der Waals surface area contributed by atoms with Gasteiger partial charge < -0.3 is 47.3 Å². The molecule has 0 aliphatic carbocycles. The minimum atomic E-state index is 0. The summed E-state index contributed by atoms with van der Waals surface area (Å²) in [4.78, 5) is 0. The standard InChI is InChI=1S/2C5H14P2.4CN.Pd.Pt/c2*1-6(2)5-7(3)4;4*1-2;;/h2*5H2,1-4H3;;;;;;/q;;4*-1;;/p+4. The molecule has 0 aromatic heterocycles. The molecule has 0 aromatic carbocycles. The van der Waals surface area contributed by atoms with Crippen molar-refractivity contribution >= 4 is 31.7 Å². The second-order valence-corrected chi connectivity index (χ2v) is 17.7. The van der Waals surface area contributed by atoms with E-state index >= 15 is 0 Å². The van der Waals surface area contributed by atoms with Crippen molar-refractivity contribution in [3.8, 4) is 0 Å². The molecule has 0 radical (unpaired) electrons. The summed E-state index contributed by atoms with van der Waals surface area (Å²) in [6.07, 6.45) is 0. The van der Waals surface area contributed by atoms with Crippen LogP contribution in [0.25, 0.3) is 0 Å². The van der Waals surface area contributed by atoms with Gasteiger partial charge in [0.15, 0.2) is 11.8 Å². The van der Waals surface area contributed by atoms with Crippen molar-refractivity contribution < 1.29 is 41.5 Å². The maximum atomic E-state index is 6.25. The van der Waals surface area contributed by atoms with Gasteiger partial charge >= 0.3 is 0 Å². The molecular formula is C14H32N4P4PdPt. The van der Waals surface area contributed by atoms with E-state index in [0.29, 0.717) is 0 Å². The molecule has 0 amide bonds. The maximum Gasteiger partial charge on any atom is 0.154 e. The molecule has 0 aliphatic heterocycles. The number of rotatable bonds is 4. The van der Waals surface area contributed by atoms with Crippen LogP contribution in [0.4, 0.5) is 0 Å². The van der Waals surface area contributed by atoms with Crippen molar-refractivity contribution in [3.63, 3.8) is 0 Å². The van der Waals surface area contributed by atoms with Gasteiger partial charge in [-0.25, -0.2) is 0 Å². The molecule has 0 aromatic rings. The van der Waals surface area contributed by atoms with Gasteiger partial charge in [-0.05, 0) is 0 Å². The fourth-order valence-electron chi connectivity index (χ4n) is 1.41. The summed E-state index contributed by atoms with van der Waals surface area (Å²) in [5, 5.41) is 25.0. The third kappa shape index (κ3) is 137. The summed E-state index contributed by atoms with van der Waals surface area (Å²) in [6, 6.07) is 0. The van der Waals surface area contributed by atoms with E-state index in [1.807, 2.05) is 0 Å². The average molecular weight is 682 g/mol. The van der Waals surface area contributed by atoms with Crippen molar-refractivity contribution in [2.24, 2.45) is 0 Å². The van der Waals surface area contributed by atoms with Crippen molar-refractivity contribution in [1.29, 1.82) is 21.0 Å². The van der Waals surface area contributed by atoms with Gasteiger partial charge in [-0.1, -0.05) is 0 Å². The van der Waals surface area contributed by atoms with E-state index in [4.69, 9.17) is 47.3 Å². The van der Waals surface area contributed by atoms with Crippen LogP contribution in [0.15, 0.2) is 0 Å². The minimum Gasteiger partial charge on any atom is -0.512 e. The van der Waals surface area contributed by atoms with Gasteiger partial charge in [0.2, 0.25) is 0 Å². The Morgan fingerprint density at radius 3 is 0.542 bits per heavy atom. The molecule has 10 heteroatoms. The molecule has 0 saturated carbocycles. The first-order chi connectivity index (χ1) is 10.3. The van der Waals surface area contributed by atoms with Gasteiger partial charge in [-0.15, -0.1) is 0 Å². The fraction of sp³-hybridized carbons (Fsp3) is 0.714. The molecule has 0 bridgehead atoms. The van der Waals surface area contributed by atoms with Crippen LogP contribution in [0.5, 0.6) is 0 Å². The van der Waals surface area contributed by atoms with Crippen LogP contribution >= 0.6 is 31.7 Å². The Morgan fingerprint density at radius 2 is 0.542 bits per heavy atom. The van der Waals surface area contributed by atoms with Crippen LogP contribution < -0.4 is 0 Å². The Kier molecular flexibility index (Phi) is 117. The number of hydrogen-bond acceptors (Lipinski definition) is 4. The van der Waals surface area contributed by atoms with Gasteiger partial charge in [-0.2, -0.15) is 0 Å². The van der Waals surface area contributed by atoms with Gasteiger partial charge in [0.05, 0.1) is 0 Å². The minimum absolute atomic E-state index is 0. The van der Waals surface area contributed by atoms with Crippen LogP contribution in [0.1, 0.15) is 0 Å². The molecule has 148 valence electrons. The summed E-state index contributed by atoms with van der Waals surface area (Å²) >= 11 is 0. The van der Waals surface area contributed by atoms with Crippen LogP contribution in [-0.4, -0.2) is 65.1 Å². The average Bonchev–Trinajstić information content (AvgIpc) is 2.45. The summed E-state index contributed by atoms with van der Waals surface area (Å²) < 4.78 is 0. The Balaban J connectivity index is -0.0000000237. The largest absolute Gasteiger partial charge is 0.512 e. The zero-order chi connectivity index (χ0) is 19.7. The molecule has 0 rings (SSSR count). The van der Waals surface area contributed by atoms with E-state index in [9.17, 15) is 0 Å². The van der Waals surface area contributed by atoms with Gasteiger partial charge in [0.1, 0.15) is 0 Å². The van der Waals surface area contributed by atoms with E-state index in [2.05, 4.69) is 53.3 Å². The van der Waals surface area contributed by atoms with E-state index < -0.39 is 0 Å². The molecule has 24 heavy (non-hydrogen) atoms. The molecule has 0 N–H and O–H groups in total. The van der Waals surface area contributed by atoms with Crippen molar-refractivity contribution in [1.82, 2.24) is 0 Å². The molecule has 0 spiro atoms. The van der Waals surface area contributed by atoms with Crippen molar-refractivity contribution in [2.45, 2.75) is 0 Å². The molecule has 0 unspecified atom stereocenters. The van der Waals surface area contributed by atoms with Gasteiger partial charge in [-0.3, -0.25) is 0 Å². The van der Waals surface area contributed by atoms with Crippen LogP contribution in [0.2, 0.25) is 0 Å². The van der Waals surface area contributed by atoms with E-state index in [-0.39, 0.29) is 73.2 Å². The van der Waals surface area contributed by atoms with Crippen LogP contribution in [-0.2, 0) is 41.5 Å². The first-order valence-corrected chi connectivity index (χ1v) is 17.1. The summed E-state index contributed by atoms with van der Waals surface area (Å²) in [7, 11) is 0.444. The third-order valence-corrected chi connectivity index (χ3v) is 12.7. The van der Waals surface area contributed by atoms with Gasteiger partial charge in [0.25, 0.3) is 0 Å². The quantitative estimate of drug-likeness (QED) is 0.253. The monoisotopic (exact) mass is 681 g/mol. The Bertz CT molecular complexity index is 208. The SMILES string of the molecule is C[PH+](C)C[PH+](C)C.C[PH+](C)C[PH+](C)C.[C-]#N.[C-]#N.[C-]#N.[C-]#N.[Pd].[Pt]. The van der Waals surface area contributed by atoms with E-state index in [1.165, 1.54) is 0 Å². The second kappa shape index (κ2) is 56.4. The zero-order valence-corrected chi connectivity index (χ0v) is 23.7. The first-order valence-electron chi connectivity index (χ1n) is 6.31. The van der Waals surface area contributed by atoms with Gasteiger partial charge in [0, 0.05) is 126 Å². The molecule has 4 nitrogen and oxygen atoms in total. The number of hydrogen-bond donors (Lipinski definition) is 0. The molecular weight excluding hydrogens is 650 g/mol. The molecule has 0 saturated heterocycles. The Hall–Kier alpha value is 1.03. The topological polar surface area (TPSA) is 95.2 Å². The van der Waals surface area contributed by atoms with Crippen molar-refractivity contribution in [2.75, 3.05) is 65.1 Å². The molecule has 0 atom stereocenters. The number of nitrogens with zero attached hydrogens (tertiary/aromatic N) is 4. The smallest absolute Gasteiger partial charge is 0.154 e. The molecule has 0 aliphatic rings. The van der Waals surface area contributed by atoms with E-state index in [1.54, 1.807) is 11.8 Å². The molecule has 0 fully saturated rings. The summed E-state index contributed by atoms with van der Waals surface area (Å²) in [5.74, 6) is 3.13. The molecule has 0 heterocycles. The summed E-state index contributed by atoms with van der Waals surface area (Å²) in [6.45, 7) is 38.1.